The molecule has 1 aromatic rings. The zero-order chi connectivity index (χ0) is 17.6. The van der Waals surface area contributed by atoms with E-state index in [-0.39, 0.29) is 18.0 Å². The van der Waals surface area contributed by atoms with Gasteiger partial charge in [-0.3, -0.25) is 9.59 Å². The molecule has 0 unspecified atom stereocenters. The van der Waals surface area contributed by atoms with Crippen LogP contribution in [-0.2, 0) is 25.6 Å². The number of nitrogens with zero attached hydrogens (tertiary/aromatic N) is 1. The number of rotatable bonds is 5. The molecular formula is C20H23NO4. The molecule has 3 aliphatic heterocycles. The third-order valence-electron chi connectivity index (χ3n) is 5.39. The third kappa shape index (κ3) is 2.58. The predicted octanol–water partition coefficient (Wildman–Crippen LogP) is 2.23. The number of ether oxygens (including phenoxy) is 2. The first-order valence-corrected chi connectivity index (χ1v) is 8.92. The Bertz CT molecular complexity index is 726. The van der Waals surface area contributed by atoms with Crippen LogP contribution in [0.25, 0.3) is 0 Å². The molecule has 1 spiro atoms. The first kappa shape index (κ1) is 16.3. The summed E-state index contributed by atoms with van der Waals surface area (Å²) < 4.78 is 11.4. The standard InChI is InChI=1S/C20H23NO4/c1-3-10-24-19(23)16-15-8-9-20(25-15)12-21(18(22)17(16)20)11-14-6-4-13(2)5-7-14/h4-9,15-17H,3,10-12H2,1-2H3/t15-,16-,17+,20-/m1/s1. The molecule has 2 saturated heterocycles. The monoisotopic (exact) mass is 341 g/mol. The van der Waals surface area contributed by atoms with Gasteiger partial charge in [-0.15, -0.1) is 0 Å². The summed E-state index contributed by atoms with van der Waals surface area (Å²) in [5.41, 5.74) is 1.61. The van der Waals surface area contributed by atoms with E-state index in [4.69, 9.17) is 9.47 Å². The molecule has 0 N–H and O–H groups in total. The van der Waals surface area contributed by atoms with Crippen LogP contribution in [-0.4, -0.2) is 41.6 Å². The Kier molecular flexibility index (Phi) is 3.91. The van der Waals surface area contributed by atoms with E-state index in [9.17, 15) is 9.59 Å². The maximum atomic E-state index is 13.0. The van der Waals surface area contributed by atoms with Gasteiger partial charge >= 0.3 is 5.97 Å². The highest BCUT2D eigenvalue weighted by atomic mass is 16.6. The number of amides is 1. The number of carbonyl (C=O) groups excluding carboxylic acids is 2. The summed E-state index contributed by atoms with van der Waals surface area (Å²) in [6.07, 6.45) is 4.32. The van der Waals surface area contributed by atoms with Crippen LogP contribution in [0.15, 0.2) is 36.4 Å². The van der Waals surface area contributed by atoms with Gasteiger partial charge in [0.1, 0.15) is 11.5 Å². The quantitative estimate of drug-likeness (QED) is 0.609. The van der Waals surface area contributed by atoms with Crippen LogP contribution >= 0.6 is 0 Å². The van der Waals surface area contributed by atoms with Gasteiger partial charge in [0, 0.05) is 6.54 Å². The van der Waals surface area contributed by atoms with E-state index in [1.165, 1.54) is 5.56 Å². The van der Waals surface area contributed by atoms with Gasteiger partial charge < -0.3 is 14.4 Å². The van der Waals surface area contributed by atoms with Gasteiger partial charge in [0.2, 0.25) is 5.91 Å². The van der Waals surface area contributed by atoms with Crippen LogP contribution in [0.2, 0.25) is 0 Å². The van der Waals surface area contributed by atoms with Crippen LogP contribution < -0.4 is 0 Å². The largest absolute Gasteiger partial charge is 0.465 e. The molecule has 2 bridgehead atoms. The molecule has 5 heteroatoms. The normalized spacial score (nSPS) is 32.3. The molecule has 0 aromatic heterocycles. The smallest absolute Gasteiger partial charge is 0.312 e. The van der Waals surface area contributed by atoms with Gasteiger partial charge in [0.25, 0.3) is 0 Å². The molecule has 25 heavy (non-hydrogen) atoms. The zero-order valence-electron chi connectivity index (χ0n) is 14.6. The first-order chi connectivity index (χ1) is 12.0. The van der Waals surface area contributed by atoms with Crippen LogP contribution in [0, 0.1) is 18.8 Å². The Morgan fingerprint density at radius 1 is 1.36 bits per heavy atom. The van der Waals surface area contributed by atoms with Crippen molar-refractivity contribution in [3.8, 4) is 0 Å². The summed E-state index contributed by atoms with van der Waals surface area (Å²) in [5.74, 6) is -1.30. The number of hydrogen-bond acceptors (Lipinski definition) is 4. The van der Waals surface area contributed by atoms with Gasteiger partial charge in [0.05, 0.1) is 25.2 Å². The van der Waals surface area contributed by atoms with Crippen molar-refractivity contribution in [2.24, 2.45) is 11.8 Å². The van der Waals surface area contributed by atoms with Crippen molar-refractivity contribution >= 4 is 11.9 Å². The van der Waals surface area contributed by atoms with Crippen LogP contribution in [0.4, 0.5) is 0 Å². The lowest BCUT2D eigenvalue weighted by molar-refractivity contribution is -0.153. The SMILES string of the molecule is CCCOC(=O)[C@H]1[C@H]2C(=O)N(Cc3ccc(C)cc3)C[C@]23C=C[C@H]1O3. The van der Waals surface area contributed by atoms with E-state index in [1.807, 2.05) is 50.3 Å². The second-order valence-electron chi connectivity index (χ2n) is 7.25. The van der Waals surface area contributed by atoms with E-state index in [1.54, 1.807) is 4.90 Å². The molecule has 3 aliphatic rings. The number of benzene rings is 1. The number of esters is 1. The van der Waals surface area contributed by atoms with E-state index in [0.717, 1.165) is 12.0 Å². The van der Waals surface area contributed by atoms with Gasteiger partial charge in [-0.2, -0.15) is 0 Å². The Balaban J connectivity index is 1.55. The first-order valence-electron chi connectivity index (χ1n) is 8.92. The molecule has 132 valence electrons. The summed E-state index contributed by atoms with van der Waals surface area (Å²) in [5, 5.41) is 0. The van der Waals surface area contributed by atoms with Crippen molar-refractivity contribution in [2.45, 2.75) is 38.5 Å². The topological polar surface area (TPSA) is 55.8 Å². The second-order valence-corrected chi connectivity index (χ2v) is 7.25. The second kappa shape index (κ2) is 5.99. The van der Waals surface area contributed by atoms with Crippen molar-refractivity contribution in [2.75, 3.05) is 13.2 Å². The van der Waals surface area contributed by atoms with Crippen molar-refractivity contribution in [1.29, 1.82) is 0 Å². The fourth-order valence-electron chi connectivity index (χ4n) is 4.19. The lowest BCUT2D eigenvalue weighted by Crippen LogP contribution is -2.40. The molecule has 2 fully saturated rings. The van der Waals surface area contributed by atoms with Gasteiger partial charge in [-0.25, -0.2) is 0 Å². The molecule has 0 aliphatic carbocycles. The number of carbonyl (C=O) groups is 2. The van der Waals surface area contributed by atoms with Gasteiger partial charge in [-0.1, -0.05) is 48.9 Å². The molecule has 3 heterocycles. The molecule has 5 nitrogen and oxygen atoms in total. The average Bonchev–Trinajstić information content (AvgIpc) is 3.23. The Morgan fingerprint density at radius 3 is 2.84 bits per heavy atom. The fourth-order valence-corrected chi connectivity index (χ4v) is 4.19. The van der Waals surface area contributed by atoms with Gasteiger partial charge in [-0.05, 0) is 18.9 Å². The van der Waals surface area contributed by atoms with Crippen molar-refractivity contribution in [3.05, 3.63) is 47.5 Å². The Hall–Kier alpha value is -2.14. The maximum Gasteiger partial charge on any atom is 0.312 e. The molecule has 0 radical (unpaired) electrons. The molecule has 4 atom stereocenters. The summed E-state index contributed by atoms with van der Waals surface area (Å²) in [6.45, 7) is 5.41. The van der Waals surface area contributed by atoms with Crippen LogP contribution in [0.5, 0.6) is 0 Å². The van der Waals surface area contributed by atoms with E-state index in [0.29, 0.717) is 19.7 Å². The van der Waals surface area contributed by atoms with Crippen molar-refractivity contribution in [1.82, 2.24) is 4.90 Å². The molecule has 4 rings (SSSR count). The van der Waals surface area contributed by atoms with Crippen molar-refractivity contribution in [3.63, 3.8) is 0 Å². The minimum absolute atomic E-state index is 0.00845. The number of fused-ring (bicyclic) bond motifs is 1. The molecule has 0 saturated carbocycles. The molecule has 1 amide bonds. The lowest BCUT2D eigenvalue weighted by atomic mass is 9.77. The summed E-state index contributed by atoms with van der Waals surface area (Å²) in [6, 6.07) is 8.16. The summed E-state index contributed by atoms with van der Waals surface area (Å²) >= 11 is 0. The van der Waals surface area contributed by atoms with Crippen LogP contribution in [0.1, 0.15) is 24.5 Å². The van der Waals surface area contributed by atoms with E-state index >= 15 is 0 Å². The fraction of sp³-hybridized carbons (Fsp3) is 0.500. The minimum Gasteiger partial charge on any atom is -0.465 e. The Morgan fingerprint density at radius 2 is 2.12 bits per heavy atom. The molecule has 1 aromatic carbocycles. The third-order valence-corrected chi connectivity index (χ3v) is 5.39. The zero-order valence-corrected chi connectivity index (χ0v) is 14.6. The summed E-state index contributed by atoms with van der Waals surface area (Å²) in [7, 11) is 0. The van der Waals surface area contributed by atoms with Crippen LogP contribution in [0.3, 0.4) is 0 Å². The summed E-state index contributed by atoms with van der Waals surface area (Å²) in [4.78, 5) is 27.3. The molecular weight excluding hydrogens is 318 g/mol. The van der Waals surface area contributed by atoms with Gasteiger partial charge in [0.15, 0.2) is 0 Å². The minimum atomic E-state index is -0.664. The number of hydrogen-bond donors (Lipinski definition) is 0. The Labute approximate surface area is 147 Å². The number of likely N-dealkylation sites (tertiary alicyclic amines) is 1. The maximum absolute atomic E-state index is 13.0. The highest BCUT2D eigenvalue weighted by Crippen LogP contribution is 2.52. The highest BCUT2D eigenvalue weighted by molar-refractivity contribution is 5.91. The number of aryl methyl sites for hydroxylation is 1. The average molecular weight is 341 g/mol. The van der Waals surface area contributed by atoms with Crippen molar-refractivity contribution < 1.29 is 19.1 Å². The van der Waals surface area contributed by atoms with E-state index in [2.05, 4.69) is 0 Å². The predicted molar refractivity (Wildman–Crippen MR) is 91.6 cm³/mol. The lowest BCUT2D eigenvalue weighted by Gasteiger charge is -2.22. The van der Waals surface area contributed by atoms with E-state index < -0.39 is 17.4 Å². The highest BCUT2D eigenvalue weighted by Gasteiger charge is 2.67.